The molecule has 0 atom stereocenters. The van der Waals surface area contributed by atoms with Gasteiger partial charge in [-0.2, -0.15) is 0 Å². The van der Waals surface area contributed by atoms with Crippen molar-refractivity contribution in [3.63, 3.8) is 0 Å². The van der Waals surface area contributed by atoms with Crippen LogP contribution < -0.4 is 0 Å². The third kappa shape index (κ3) is 1.77. The maximum absolute atomic E-state index is 12.7. The average molecular weight is 222 g/mol. The highest BCUT2D eigenvalue weighted by Crippen LogP contribution is 2.20. The summed E-state index contributed by atoms with van der Waals surface area (Å²) in [5.41, 5.74) is 0.726. The summed E-state index contributed by atoms with van der Waals surface area (Å²) in [7, 11) is 1.25. The van der Waals surface area contributed by atoms with E-state index in [0.29, 0.717) is 5.69 Å². The van der Waals surface area contributed by atoms with Gasteiger partial charge in [0.05, 0.1) is 19.0 Å². The van der Waals surface area contributed by atoms with Crippen molar-refractivity contribution in [1.82, 2.24) is 10.1 Å². The minimum atomic E-state index is -0.581. The van der Waals surface area contributed by atoms with Crippen LogP contribution in [-0.4, -0.2) is 23.2 Å². The molecule has 0 aromatic carbocycles. The predicted molar refractivity (Wildman–Crippen MR) is 51.0 cm³/mol. The Morgan fingerprint density at radius 3 is 2.94 bits per heavy atom. The van der Waals surface area contributed by atoms with Crippen LogP contribution >= 0.6 is 0 Å². The first kappa shape index (κ1) is 10.3. The van der Waals surface area contributed by atoms with E-state index in [4.69, 9.17) is 0 Å². The Kier molecular flexibility index (Phi) is 2.63. The van der Waals surface area contributed by atoms with Crippen molar-refractivity contribution < 1.29 is 18.4 Å². The first-order valence-electron chi connectivity index (χ1n) is 4.37. The molecule has 2 rings (SSSR count). The number of carbonyl (C=O) groups excluding carboxylic acids is 1. The molecule has 0 bridgehead atoms. The Labute approximate surface area is 89.8 Å². The number of carbonyl (C=O) groups is 1. The number of nitrogens with zero attached hydrogens (tertiary/aromatic N) is 2. The van der Waals surface area contributed by atoms with Crippen molar-refractivity contribution in [2.75, 3.05) is 7.11 Å². The number of esters is 1. The molecule has 0 spiro atoms. The number of halogens is 1. The van der Waals surface area contributed by atoms with Gasteiger partial charge in [0, 0.05) is 0 Å². The highest BCUT2D eigenvalue weighted by atomic mass is 19.1. The third-order valence-corrected chi connectivity index (χ3v) is 1.94. The lowest BCUT2D eigenvalue weighted by Gasteiger charge is -1.98. The Morgan fingerprint density at radius 1 is 1.50 bits per heavy atom. The van der Waals surface area contributed by atoms with E-state index in [-0.39, 0.29) is 11.3 Å². The molecule has 2 heterocycles. The van der Waals surface area contributed by atoms with Gasteiger partial charge < -0.3 is 9.26 Å². The van der Waals surface area contributed by atoms with Gasteiger partial charge in [0.2, 0.25) is 0 Å². The first-order valence-corrected chi connectivity index (χ1v) is 4.37. The van der Waals surface area contributed by atoms with Crippen LogP contribution in [-0.2, 0) is 4.74 Å². The summed E-state index contributed by atoms with van der Waals surface area (Å²) in [5, 5.41) is 3.62. The normalized spacial score (nSPS) is 10.1. The molecule has 0 aliphatic rings. The van der Waals surface area contributed by atoms with E-state index in [0.717, 1.165) is 12.5 Å². The minimum Gasteiger partial charge on any atom is -0.465 e. The number of hydrogen-bond acceptors (Lipinski definition) is 5. The highest BCUT2D eigenvalue weighted by molar-refractivity contribution is 5.95. The number of methoxy groups -OCH3 is 1. The number of pyridine rings is 1. The summed E-state index contributed by atoms with van der Waals surface area (Å²) < 4.78 is 21.9. The molecule has 2 aromatic rings. The number of ether oxygens (including phenoxy) is 1. The van der Waals surface area contributed by atoms with Gasteiger partial charge >= 0.3 is 5.97 Å². The van der Waals surface area contributed by atoms with Crippen LogP contribution in [0.25, 0.3) is 11.4 Å². The standard InChI is InChI=1S/C10H7FN2O3/c1-15-10(14)7-5-16-13-9(7)8-3-2-6(11)4-12-8/h2-5H,1H3. The molecule has 0 N–H and O–H groups in total. The first-order chi connectivity index (χ1) is 7.72. The lowest BCUT2D eigenvalue weighted by molar-refractivity contribution is 0.0600. The molecule has 0 amide bonds. The van der Waals surface area contributed by atoms with E-state index in [1.165, 1.54) is 19.2 Å². The Bertz CT molecular complexity index is 507. The van der Waals surface area contributed by atoms with Gasteiger partial charge in [0.1, 0.15) is 23.3 Å². The maximum atomic E-state index is 12.7. The molecule has 82 valence electrons. The van der Waals surface area contributed by atoms with E-state index in [9.17, 15) is 9.18 Å². The summed E-state index contributed by atoms with van der Waals surface area (Å²) >= 11 is 0. The van der Waals surface area contributed by atoms with E-state index in [1.54, 1.807) is 0 Å². The van der Waals surface area contributed by atoms with Crippen molar-refractivity contribution in [3.8, 4) is 11.4 Å². The van der Waals surface area contributed by atoms with Gasteiger partial charge in [-0.3, -0.25) is 4.98 Å². The molecule has 5 nitrogen and oxygen atoms in total. The number of hydrogen-bond donors (Lipinski definition) is 0. The number of aromatic nitrogens is 2. The van der Waals surface area contributed by atoms with Crippen LogP contribution in [0.1, 0.15) is 10.4 Å². The molecule has 0 saturated heterocycles. The zero-order chi connectivity index (χ0) is 11.5. The lowest BCUT2D eigenvalue weighted by Crippen LogP contribution is -2.02. The second-order valence-corrected chi connectivity index (χ2v) is 2.93. The summed E-state index contributed by atoms with van der Waals surface area (Å²) in [5.74, 6) is -1.05. The van der Waals surface area contributed by atoms with Crippen LogP contribution in [0, 0.1) is 5.82 Å². The summed E-state index contributed by atoms with van der Waals surface area (Å²) in [6, 6.07) is 2.62. The van der Waals surface area contributed by atoms with Crippen molar-refractivity contribution in [2.45, 2.75) is 0 Å². The monoisotopic (exact) mass is 222 g/mol. The van der Waals surface area contributed by atoms with E-state index in [2.05, 4.69) is 19.4 Å². The van der Waals surface area contributed by atoms with Crippen LogP contribution in [0.2, 0.25) is 0 Å². The Hall–Kier alpha value is -2.24. The molecular weight excluding hydrogens is 215 g/mol. The summed E-state index contributed by atoms with van der Waals surface area (Å²) in [6.07, 6.45) is 2.19. The van der Waals surface area contributed by atoms with Crippen molar-refractivity contribution in [2.24, 2.45) is 0 Å². The van der Waals surface area contributed by atoms with Gasteiger partial charge in [-0.05, 0) is 12.1 Å². The highest BCUT2D eigenvalue weighted by Gasteiger charge is 2.18. The molecular formula is C10H7FN2O3. The van der Waals surface area contributed by atoms with Crippen LogP contribution in [0.4, 0.5) is 4.39 Å². The van der Waals surface area contributed by atoms with E-state index < -0.39 is 11.8 Å². The predicted octanol–water partition coefficient (Wildman–Crippen LogP) is 1.66. The molecule has 0 saturated carbocycles. The fourth-order valence-electron chi connectivity index (χ4n) is 1.19. The van der Waals surface area contributed by atoms with Gasteiger partial charge in [-0.15, -0.1) is 0 Å². The van der Waals surface area contributed by atoms with E-state index in [1.807, 2.05) is 0 Å². The molecule has 16 heavy (non-hydrogen) atoms. The average Bonchev–Trinajstić information content (AvgIpc) is 2.78. The zero-order valence-corrected chi connectivity index (χ0v) is 8.31. The molecule has 6 heteroatoms. The second kappa shape index (κ2) is 4.09. The molecule has 0 aliphatic heterocycles. The number of rotatable bonds is 2. The summed E-state index contributed by atoms with van der Waals surface area (Å²) in [4.78, 5) is 15.1. The van der Waals surface area contributed by atoms with Crippen LogP contribution in [0.15, 0.2) is 29.1 Å². The van der Waals surface area contributed by atoms with Gasteiger partial charge in [0.25, 0.3) is 0 Å². The Balaban J connectivity index is 2.44. The zero-order valence-electron chi connectivity index (χ0n) is 8.31. The van der Waals surface area contributed by atoms with Gasteiger partial charge in [-0.1, -0.05) is 5.16 Å². The SMILES string of the molecule is COC(=O)c1conc1-c1ccc(F)cn1. The van der Waals surface area contributed by atoms with Crippen molar-refractivity contribution >= 4 is 5.97 Å². The second-order valence-electron chi connectivity index (χ2n) is 2.93. The van der Waals surface area contributed by atoms with Crippen LogP contribution in [0.3, 0.4) is 0 Å². The largest absolute Gasteiger partial charge is 0.465 e. The molecule has 0 unspecified atom stereocenters. The van der Waals surface area contributed by atoms with Crippen LogP contribution in [0.5, 0.6) is 0 Å². The smallest absolute Gasteiger partial charge is 0.343 e. The third-order valence-electron chi connectivity index (χ3n) is 1.94. The minimum absolute atomic E-state index is 0.154. The molecule has 0 aliphatic carbocycles. The topological polar surface area (TPSA) is 65.2 Å². The van der Waals surface area contributed by atoms with E-state index >= 15 is 0 Å². The lowest BCUT2D eigenvalue weighted by atomic mass is 10.2. The quantitative estimate of drug-likeness (QED) is 0.723. The fourth-order valence-corrected chi connectivity index (χ4v) is 1.19. The molecule has 0 radical (unpaired) electrons. The fraction of sp³-hybridized carbons (Fsp3) is 0.100. The summed E-state index contributed by atoms with van der Waals surface area (Å²) in [6.45, 7) is 0. The molecule has 0 fully saturated rings. The van der Waals surface area contributed by atoms with Gasteiger partial charge in [-0.25, -0.2) is 9.18 Å². The van der Waals surface area contributed by atoms with Crippen molar-refractivity contribution in [3.05, 3.63) is 36.0 Å². The maximum Gasteiger partial charge on any atom is 0.343 e. The molecule has 2 aromatic heterocycles. The van der Waals surface area contributed by atoms with Crippen molar-refractivity contribution in [1.29, 1.82) is 0 Å². The van der Waals surface area contributed by atoms with Gasteiger partial charge in [0.15, 0.2) is 0 Å². The Morgan fingerprint density at radius 2 is 2.31 bits per heavy atom.